The van der Waals surface area contributed by atoms with E-state index >= 15 is 0 Å². The number of hydrogen-bond donors (Lipinski definition) is 0. The van der Waals surface area contributed by atoms with Crippen LogP contribution in [0.4, 0.5) is 5.69 Å². The molecule has 4 nitrogen and oxygen atoms in total. The number of pyridine rings is 1. The average Bonchev–Trinajstić information content (AvgIpc) is 2.79. The Morgan fingerprint density at radius 1 is 0.964 bits per heavy atom. The monoisotopic (exact) mass is 363 g/mol. The maximum absolute atomic E-state index is 12.2. The largest absolute Gasteiger partial charge is 0.332 e. The highest BCUT2D eigenvalue weighted by Gasteiger charge is 2.28. The molecule has 0 N–H and O–H groups in total. The Bertz CT molecular complexity index is 1100. The van der Waals surface area contributed by atoms with Gasteiger partial charge in [0.25, 0.3) is 0 Å². The van der Waals surface area contributed by atoms with Crippen molar-refractivity contribution < 1.29 is 4.79 Å². The fraction of sp³-hybridized carbons (Fsp3) is 0.0417. The Labute approximate surface area is 163 Å². The molecule has 0 amide bonds. The number of carbonyl (C=O) groups excluding carboxylic acids is 1. The molecule has 134 valence electrons. The fourth-order valence-electron chi connectivity index (χ4n) is 3.38. The minimum Gasteiger partial charge on any atom is -0.332 e. The van der Waals surface area contributed by atoms with Crippen molar-refractivity contribution >= 4 is 23.1 Å². The van der Waals surface area contributed by atoms with Gasteiger partial charge in [0, 0.05) is 18.0 Å². The van der Waals surface area contributed by atoms with E-state index in [1.807, 2.05) is 83.9 Å². The SMILES string of the molecule is N#Cc1ccccc1N1C=C(c2ccccn2)C=C(c2ccccc2)C1C=O. The molecular formula is C24H17N3O. The van der Waals surface area contributed by atoms with Gasteiger partial charge in [0.15, 0.2) is 0 Å². The molecule has 1 aliphatic heterocycles. The van der Waals surface area contributed by atoms with Gasteiger partial charge < -0.3 is 9.69 Å². The van der Waals surface area contributed by atoms with Crippen LogP contribution in [0.3, 0.4) is 0 Å². The molecule has 2 aromatic carbocycles. The van der Waals surface area contributed by atoms with Crippen LogP contribution in [0.5, 0.6) is 0 Å². The molecule has 0 saturated heterocycles. The Hall–Kier alpha value is -3.97. The molecule has 0 radical (unpaired) electrons. The molecule has 1 aliphatic rings. The van der Waals surface area contributed by atoms with Gasteiger partial charge in [-0.25, -0.2) is 0 Å². The lowest BCUT2D eigenvalue weighted by Crippen LogP contribution is -2.36. The van der Waals surface area contributed by atoms with Crippen molar-refractivity contribution in [2.75, 3.05) is 4.90 Å². The lowest BCUT2D eigenvalue weighted by Gasteiger charge is -2.33. The molecule has 1 atom stereocenters. The second-order valence-electron chi connectivity index (χ2n) is 6.38. The molecule has 0 saturated carbocycles. The van der Waals surface area contributed by atoms with E-state index in [4.69, 9.17) is 0 Å². The minimum atomic E-state index is -0.538. The molecule has 0 bridgehead atoms. The summed E-state index contributed by atoms with van der Waals surface area (Å²) in [4.78, 5) is 18.5. The summed E-state index contributed by atoms with van der Waals surface area (Å²) in [5, 5.41) is 9.56. The third-order valence-electron chi connectivity index (χ3n) is 4.71. The van der Waals surface area contributed by atoms with Crippen molar-refractivity contribution in [3.05, 3.63) is 108 Å². The van der Waals surface area contributed by atoms with Crippen LogP contribution in [0.15, 0.2) is 91.3 Å². The number of nitriles is 1. The quantitative estimate of drug-likeness (QED) is 0.642. The summed E-state index contributed by atoms with van der Waals surface area (Å²) in [5.74, 6) is 0. The Balaban J connectivity index is 1.92. The first-order chi connectivity index (χ1) is 13.8. The maximum Gasteiger partial charge on any atom is 0.147 e. The average molecular weight is 363 g/mol. The second-order valence-corrected chi connectivity index (χ2v) is 6.38. The number of anilines is 1. The maximum atomic E-state index is 12.2. The first kappa shape index (κ1) is 17.4. The molecule has 1 unspecified atom stereocenters. The number of allylic oxidation sites excluding steroid dienone is 2. The summed E-state index contributed by atoms with van der Waals surface area (Å²) in [5.41, 5.74) is 4.72. The van der Waals surface area contributed by atoms with Gasteiger partial charge in [0.05, 0.1) is 16.9 Å². The number of carbonyl (C=O) groups is 1. The molecule has 0 aliphatic carbocycles. The molecular weight excluding hydrogens is 346 g/mol. The van der Waals surface area contributed by atoms with Crippen LogP contribution < -0.4 is 4.90 Å². The highest BCUT2D eigenvalue weighted by molar-refractivity contribution is 5.98. The van der Waals surface area contributed by atoms with E-state index in [-0.39, 0.29) is 0 Å². The molecule has 3 aromatic rings. The van der Waals surface area contributed by atoms with E-state index in [1.54, 1.807) is 12.3 Å². The van der Waals surface area contributed by atoms with Crippen molar-refractivity contribution in [3.63, 3.8) is 0 Å². The zero-order valence-electron chi connectivity index (χ0n) is 15.1. The zero-order valence-corrected chi connectivity index (χ0v) is 15.1. The highest BCUT2D eigenvalue weighted by atomic mass is 16.1. The van der Waals surface area contributed by atoms with Gasteiger partial charge in [0.2, 0.25) is 0 Å². The van der Waals surface area contributed by atoms with E-state index in [0.717, 1.165) is 28.7 Å². The van der Waals surface area contributed by atoms with E-state index in [1.165, 1.54) is 0 Å². The van der Waals surface area contributed by atoms with Gasteiger partial charge in [-0.2, -0.15) is 5.26 Å². The number of para-hydroxylation sites is 1. The number of nitrogens with zero attached hydrogens (tertiary/aromatic N) is 3. The van der Waals surface area contributed by atoms with Crippen LogP contribution >= 0.6 is 0 Å². The summed E-state index contributed by atoms with van der Waals surface area (Å²) in [6, 6.07) is 24.5. The van der Waals surface area contributed by atoms with Crippen molar-refractivity contribution in [2.45, 2.75) is 6.04 Å². The van der Waals surface area contributed by atoms with E-state index in [2.05, 4.69) is 11.1 Å². The number of benzene rings is 2. The molecule has 0 spiro atoms. The number of rotatable bonds is 4. The van der Waals surface area contributed by atoms with Crippen LogP contribution in [0.2, 0.25) is 0 Å². The van der Waals surface area contributed by atoms with E-state index < -0.39 is 6.04 Å². The summed E-state index contributed by atoms with van der Waals surface area (Å²) in [7, 11) is 0. The van der Waals surface area contributed by atoms with Crippen LogP contribution in [0.25, 0.3) is 11.1 Å². The van der Waals surface area contributed by atoms with Gasteiger partial charge in [0.1, 0.15) is 18.4 Å². The number of aromatic nitrogens is 1. The first-order valence-corrected chi connectivity index (χ1v) is 8.95. The van der Waals surface area contributed by atoms with Crippen LogP contribution in [0, 0.1) is 11.3 Å². The highest BCUT2D eigenvalue weighted by Crippen LogP contribution is 2.35. The lowest BCUT2D eigenvalue weighted by molar-refractivity contribution is -0.107. The summed E-state index contributed by atoms with van der Waals surface area (Å²) in [6.45, 7) is 0. The molecule has 4 heteroatoms. The van der Waals surface area contributed by atoms with Gasteiger partial charge in [-0.1, -0.05) is 48.5 Å². The Morgan fingerprint density at radius 2 is 1.71 bits per heavy atom. The standard InChI is InChI=1S/C24H17N3O/c25-15-19-10-4-5-12-23(19)27-16-20(22-11-6-7-13-26-22)14-21(24(27)17-28)18-8-2-1-3-9-18/h1-14,16-17,24H. The minimum absolute atomic E-state index is 0.514. The Morgan fingerprint density at radius 3 is 2.43 bits per heavy atom. The Kier molecular flexibility index (Phi) is 4.81. The van der Waals surface area contributed by atoms with Gasteiger partial charge in [-0.15, -0.1) is 0 Å². The van der Waals surface area contributed by atoms with Crippen LogP contribution in [0.1, 0.15) is 16.8 Å². The molecule has 2 heterocycles. The predicted octanol–water partition coefficient (Wildman–Crippen LogP) is 4.47. The van der Waals surface area contributed by atoms with Gasteiger partial charge in [-0.05, 0) is 41.5 Å². The zero-order chi connectivity index (χ0) is 19.3. The van der Waals surface area contributed by atoms with E-state index in [0.29, 0.717) is 11.3 Å². The summed E-state index contributed by atoms with van der Waals surface area (Å²) >= 11 is 0. The van der Waals surface area contributed by atoms with E-state index in [9.17, 15) is 10.1 Å². The van der Waals surface area contributed by atoms with Gasteiger partial charge >= 0.3 is 0 Å². The van der Waals surface area contributed by atoms with Crippen molar-refractivity contribution in [1.29, 1.82) is 5.26 Å². The third kappa shape index (κ3) is 3.22. The second kappa shape index (κ2) is 7.73. The topological polar surface area (TPSA) is 57.0 Å². The molecule has 28 heavy (non-hydrogen) atoms. The third-order valence-corrected chi connectivity index (χ3v) is 4.71. The van der Waals surface area contributed by atoms with Crippen LogP contribution in [-0.2, 0) is 4.79 Å². The van der Waals surface area contributed by atoms with Crippen molar-refractivity contribution in [3.8, 4) is 6.07 Å². The molecule has 1 aromatic heterocycles. The molecule has 0 fully saturated rings. The normalized spacial score (nSPS) is 16.0. The number of aldehydes is 1. The number of hydrogen-bond acceptors (Lipinski definition) is 4. The summed E-state index contributed by atoms with van der Waals surface area (Å²) < 4.78 is 0. The van der Waals surface area contributed by atoms with Crippen molar-refractivity contribution in [2.24, 2.45) is 0 Å². The lowest BCUT2D eigenvalue weighted by atomic mass is 9.91. The molecule has 4 rings (SSSR count). The van der Waals surface area contributed by atoms with Gasteiger partial charge in [-0.3, -0.25) is 4.98 Å². The fourth-order valence-corrected chi connectivity index (χ4v) is 3.38. The predicted molar refractivity (Wildman–Crippen MR) is 110 cm³/mol. The van der Waals surface area contributed by atoms with Crippen LogP contribution in [-0.4, -0.2) is 17.3 Å². The smallest absolute Gasteiger partial charge is 0.147 e. The summed E-state index contributed by atoms with van der Waals surface area (Å²) in [6.07, 6.45) is 6.55. The van der Waals surface area contributed by atoms with Crippen molar-refractivity contribution in [1.82, 2.24) is 4.98 Å². The first-order valence-electron chi connectivity index (χ1n) is 8.95.